The van der Waals surface area contributed by atoms with Crippen LogP contribution < -0.4 is 0 Å². The van der Waals surface area contributed by atoms with E-state index in [4.69, 9.17) is 5.11 Å². The van der Waals surface area contributed by atoms with Crippen molar-refractivity contribution in [1.29, 1.82) is 0 Å². The molecule has 102 valence electrons. The highest BCUT2D eigenvalue weighted by Gasteiger charge is 2.18. The fourth-order valence-electron chi connectivity index (χ4n) is 1.56. The SMILES string of the molecule is CCC(C)N(C)C(=O)c1ccncc1C=CC(=O)O. The van der Waals surface area contributed by atoms with E-state index in [1.165, 1.54) is 18.5 Å². The molecule has 0 aliphatic rings. The highest BCUT2D eigenvalue weighted by Crippen LogP contribution is 2.14. The lowest BCUT2D eigenvalue weighted by Gasteiger charge is -2.24. The van der Waals surface area contributed by atoms with Crippen LogP contribution in [0.2, 0.25) is 0 Å². The van der Waals surface area contributed by atoms with Gasteiger partial charge in [-0.1, -0.05) is 6.92 Å². The summed E-state index contributed by atoms with van der Waals surface area (Å²) in [5.41, 5.74) is 0.959. The predicted octanol–water partition coefficient (Wildman–Crippen LogP) is 2.05. The Balaban J connectivity index is 3.06. The van der Waals surface area contributed by atoms with Crippen LogP contribution in [0.3, 0.4) is 0 Å². The molecule has 5 heteroatoms. The van der Waals surface area contributed by atoms with E-state index in [2.05, 4.69) is 4.98 Å². The molecule has 0 radical (unpaired) electrons. The fraction of sp³-hybridized carbons (Fsp3) is 0.357. The molecule has 1 atom stereocenters. The van der Waals surface area contributed by atoms with Gasteiger partial charge in [-0.3, -0.25) is 9.78 Å². The van der Waals surface area contributed by atoms with Crippen LogP contribution in [0, 0.1) is 0 Å². The van der Waals surface area contributed by atoms with E-state index in [0.717, 1.165) is 12.5 Å². The Morgan fingerprint density at radius 3 is 2.79 bits per heavy atom. The third-order valence-corrected chi connectivity index (χ3v) is 3.06. The van der Waals surface area contributed by atoms with Crippen LogP contribution in [0.5, 0.6) is 0 Å². The van der Waals surface area contributed by atoms with Gasteiger partial charge in [0.05, 0.1) is 0 Å². The minimum Gasteiger partial charge on any atom is -0.478 e. The standard InChI is InChI=1S/C14H18N2O3/c1-4-10(2)16(3)14(19)12-7-8-15-9-11(12)5-6-13(17)18/h5-10H,4H2,1-3H3,(H,17,18). The molecule has 0 fully saturated rings. The summed E-state index contributed by atoms with van der Waals surface area (Å²) in [7, 11) is 1.74. The van der Waals surface area contributed by atoms with E-state index >= 15 is 0 Å². The Hall–Kier alpha value is -2.17. The summed E-state index contributed by atoms with van der Waals surface area (Å²) in [6.45, 7) is 3.97. The number of amides is 1. The first-order chi connectivity index (χ1) is 8.97. The van der Waals surface area contributed by atoms with E-state index in [9.17, 15) is 9.59 Å². The molecule has 1 heterocycles. The van der Waals surface area contributed by atoms with Crippen LogP contribution in [0.4, 0.5) is 0 Å². The number of rotatable bonds is 5. The third kappa shape index (κ3) is 3.91. The van der Waals surface area contributed by atoms with Gasteiger partial charge < -0.3 is 10.0 Å². The number of hydrogen-bond donors (Lipinski definition) is 1. The number of hydrogen-bond acceptors (Lipinski definition) is 3. The maximum atomic E-state index is 12.3. The van der Waals surface area contributed by atoms with Gasteiger partial charge >= 0.3 is 5.97 Å². The van der Waals surface area contributed by atoms with Crippen molar-refractivity contribution in [3.05, 3.63) is 35.7 Å². The third-order valence-electron chi connectivity index (χ3n) is 3.06. The molecule has 0 bridgehead atoms. The van der Waals surface area contributed by atoms with Crippen LogP contribution in [0.1, 0.15) is 36.2 Å². The van der Waals surface area contributed by atoms with Gasteiger partial charge in [0, 0.05) is 42.7 Å². The second kappa shape index (κ2) is 6.68. The van der Waals surface area contributed by atoms with Crippen LogP contribution in [-0.4, -0.2) is 40.0 Å². The molecule has 0 aliphatic heterocycles. The zero-order valence-electron chi connectivity index (χ0n) is 11.3. The number of pyridine rings is 1. The number of carboxylic acid groups (broad SMARTS) is 1. The van der Waals surface area contributed by atoms with Crippen LogP contribution in [-0.2, 0) is 4.79 Å². The highest BCUT2D eigenvalue weighted by molar-refractivity contribution is 5.98. The molecule has 0 aliphatic carbocycles. The Morgan fingerprint density at radius 2 is 2.21 bits per heavy atom. The average Bonchev–Trinajstić information content (AvgIpc) is 2.42. The summed E-state index contributed by atoms with van der Waals surface area (Å²) in [4.78, 5) is 28.4. The minimum absolute atomic E-state index is 0.122. The van der Waals surface area contributed by atoms with Crippen LogP contribution >= 0.6 is 0 Å². The minimum atomic E-state index is -1.06. The molecule has 1 N–H and O–H groups in total. The first kappa shape index (κ1) is 14.9. The van der Waals surface area contributed by atoms with Gasteiger partial charge in [0.25, 0.3) is 5.91 Å². The van der Waals surface area contributed by atoms with Crippen LogP contribution in [0.15, 0.2) is 24.5 Å². The van der Waals surface area contributed by atoms with Crippen molar-refractivity contribution >= 4 is 18.0 Å². The summed E-state index contributed by atoms with van der Waals surface area (Å²) < 4.78 is 0. The van der Waals surface area contributed by atoms with E-state index in [0.29, 0.717) is 11.1 Å². The van der Waals surface area contributed by atoms with E-state index < -0.39 is 5.97 Å². The van der Waals surface area contributed by atoms with E-state index in [1.54, 1.807) is 18.0 Å². The van der Waals surface area contributed by atoms with Crippen LogP contribution in [0.25, 0.3) is 6.08 Å². The van der Waals surface area contributed by atoms with Gasteiger partial charge in [-0.2, -0.15) is 0 Å². The Morgan fingerprint density at radius 1 is 1.53 bits per heavy atom. The number of carbonyl (C=O) groups excluding carboxylic acids is 1. The zero-order valence-corrected chi connectivity index (χ0v) is 11.3. The van der Waals surface area contributed by atoms with Crippen molar-refractivity contribution in [3.63, 3.8) is 0 Å². The largest absolute Gasteiger partial charge is 0.478 e. The molecular formula is C14H18N2O3. The van der Waals surface area contributed by atoms with Crippen molar-refractivity contribution < 1.29 is 14.7 Å². The first-order valence-electron chi connectivity index (χ1n) is 6.09. The normalized spacial score (nSPS) is 12.4. The molecule has 1 aromatic heterocycles. The van der Waals surface area contributed by atoms with Crippen molar-refractivity contribution in [2.75, 3.05) is 7.05 Å². The van der Waals surface area contributed by atoms with Gasteiger partial charge in [0.2, 0.25) is 0 Å². The lowest BCUT2D eigenvalue weighted by atomic mass is 10.1. The number of carbonyl (C=O) groups is 2. The fourth-order valence-corrected chi connectivity index (χ4v) is 1.56. The topological polar surface area (TPSA) is 70.5 Å². The van der Waals surface area contributed by atoms with Crippen molar-refractivity contribution in [2.45, 2.75) is 26.3 Å². The molecule has 0 aromatic carbocycles. The molecule has 0 saturated heterocycles. The second-order valence-corrected chi connectivity index (χ2v) is 4.31. The molecule has 1 amide bonds. The van der Waals surface area contributed by atoms with Gasteiger partial charge in [-0.25, -0.2) is 4.79 Å². The molecule has 1 aromatic rings. The summed E-state index contributed by atoms with van der Waals surface area (Å²) >= 11 is 0. The van der Waals surface area contributed by atoms with Crippen molar-refractivity contribution in [3.8, 4) is 0 Å². The Bertz CT molecular complexity index is 497. The number of carboxylic acids is 1. The maximum absolute atomic E-state index is 12.3. The van der Waals surface area contributed by atoms with Crippen molar-refractivity contribution in [1.82, 2.24) is 9.88 Å². The van der Waals surface area contributed by atoms with Gasteiger partial charge in [-0.15, -0.1) is 0 Å². The van der Waals surface area contributed by atoms with Gasteiger partial charge in [-0.05, 0) is 25.5 Å². The summed E-state index contributed by atoms with van der Waals surface area (Å²) in [6, 6.07) is 1.72. The lowest BCUT2D eigenvalue weighted by Crippen LogP contribution is -2.35. The number of aromatic nitrogens is 1. The molecule has 1 rings (SSSR count). The molecule has 19 heavy (non-hydrogen) atoms. The second-order valence-electron chi connectivity index (χ2n) is 4.31. The molecule has 0 saturated carbocycles. The average molecular weight is 262 g/mol. The Kier molecular flexibility index (Phi) is 5.23. The van der Waals surface area contributed by atoms with E-state index in [-0.39, 0.29) is 11.9 Å². The van der Waals surface area contributed by atoms with Crippen molar-refractivity contribution in [2.24, 2.45) is 0 Å². The van der Waals surface area contributed by atoms with E-state index in [1.807, 2.05) is 13.8 Å². The molecule has 0 spiro atoms. The number of nitrogens with zero attached hydrogens (tertiary/aromatic N) is 2. The zero-order chi connectivity index (χ0) is 14.4. The van der Waals surface area contributed by atoms with Gasteiger partial charge in [0.15, 0.2) is 0 Å². The smallest absolute Gasteiger partial charge is 0.328 e. The predicted molar refractivity (Wildman–Crippen MR) is 72.8 cm³/mol. The monoisotopic (exact) mass is 262 g/mol. The molecule has 1 unspecified atom stereocenters. The molecular weight excluding hydrogens is 244 g/mol. The quantitative estimate of drug-likeness (QED) is 0.824. The Labute approximate surface area is 112 Å². The maximum Gasteiger partial charge on any atom is 0.328 e. The summed E-state index contributed by atoms with van der Waals surface area (Å²) in [6.07, 6.45) is 6.24. The summed E-state index contributed by atoms with van der Waals surface area (Å²) in [5, 5.41) is 8.64. The number of aliphatic carboxylic acids is 1. The molecule has 5 nitrogen and oxygen atoms in total. The first-order valence-corrected chi connectivity index (χ1v) is 6.09. The lowest BCUT2D eigenvalue weighted by molar-refractivity contribution is -0.131. The van der Waals surface area contributed by atoms with Gasteiger partial charge in [0.1, 0.15) is 0 Å². The highest BCUT2D eigenvalue weighted by atomic mass is 16.4. The summed E-state index contributed by atoms with van der Waals surface area (Å²) in [5.74, 6) is -1.20.